The Morgan fingerprint density at radius 1 is 1.23 bits per heavy atom. The van der Waals surface area contributed by atoms with Gasteiger partial charge in [-0.3, -0.25) is 10.1 Å². The monoisotopic (exact) mass is 304 g/mol. The Morgan fingerprint density at radius 3 is 2.27 bits per heavy atom. The van der Waals surface area contributed by atoms with E-state index in [2.05, 4.69) is 9.64 Å². The summed E-state index contributed by atoms with van der Waals surface area (Å²) in [4.78, 5) is 23.7. The maximum atomic E-state index is 11.4. The van der Waals surface area contributed by atoms with Crippen LogP contribution in [-0.4, -0.2) is 36.0 Å². The Labute approximate surface area is 129 Å². The SMILES string of the molecule is CCN(CC)C(=CC=C(C(=O)OC)[N+](=O)[O-])c1ccccc1. The first-order chi connectivity index (χ1) is 10.5. The quantitative estimate of drug-likeness (QED) is 0.254. The van der Waals surface area contributed by atoms with Crippen molar-refractivity contribution in [3.63, 3.8) is 0 Å². The standard InChI is InChI=1S/C16H20N2O4/c1-4-17(5-2)14(13-9-7-6-8-10-13)11-12-15(18(20)21)16(19)22-3/h6-12H,4-5H2,1-3H3. The van der Waals surface area contributed by atoms with Gasteiger partial charge in [0, 0.05) is 24.9 Å². The van der Waals surface area contributed by atoms with Crippen molar-refractivity contribution in [2.24, 2.45) is 0 Å². The maximum Gasteiger partial charge on any atom is 0.409 e. The van der Waals surface area contributed by atoms with E-state index in [4.69, 9.17) is 0 Å². The van der Waals surface area contributed by atoms with Gasteiger partial charge in [0.25, 0.3) is 0 Å². The number of carbonyl (C=O) groups excluding carboxylic acids is 1. The number of ether oxygens (including phenoxy) is 1. The van der Waals surface area contributed by atoms with Gasteiger partial charge in [-0.15, -0.1) is 0 Å². The minimum absolute atomic E-state index is 0.594. The van der Waals surface area contributed by atoms with Crippen molar-refractivity contribution < 1.29 is 14.5 Å². The molecular formula is C16H20N2O4. The number of carbonyl (C=O) groups is 1. The lowest BCUT2D eigenvalue weighted by Gasteiger charge is -2.24. The number of benzene rings is 1. The minimum Gasteiger partial charge on any atom is -0.461 e. The normalized spacial score (nSPS) is 12.0. The lowest BCUT2D eigenvalue weighted by Crippen LogP contribution is -2.21. The average Bonchev–Trinajstić information content (AvgIpc) is 2.54. The predicted octanol–water partition coefficient (Wildman–Crippen LogP) is 2.70. The molecule has 0 aliphatic rings. The number of allylic oxidation sites excluding steroid dienone is 2. The van der Waals surface area contributed by atoms with Crippen LogP contribution in [0.2, 0.25) is 0 Å². The molecule has 0 spiro atoms. The fourth-order valence-corrected chi connectivity index (χ4v) is 2.02. The Kier molecular flexibility index (Phi) is 6.82. The molecule has 1 aromatic carbocycles. The highest BCUT2D eigenvalue weighted by molar-refractivity contribution is 5.86. The summed E-state index contributed by atoms with van der Waals surface area (Å²) in [5.41, 5.74) is 1.15. The van der Waals surface area contributed by atoms with Crippen LogP contribution in [0.4, 0.5) is 0 Å². The van der Waals surface area contributed by atoms with Gasteiger partial charge in [-0.1, -0.05) is 30.3 Å². The average molecular weight is 304 g/mol. The number of esters is 1. The molecule has 0 fully saturated rings. The van der Waals surface area contributed by atoms with Gasteiger partial charge in [0.05, 0.1) is 12.0 Å². The number of hydrogen-bond acceptors (Lipinski definition) is 5. The number of nitrogens with zero attached hydrogens (tertiary/aromatic N) is 2. The third-order valence-electron chi connectivity index (χ3n) is 3.16. The highest BCUT2D eigenvalue weighted by Crippen LogP contribution is 2.19. The molecule has 0 N–H and O–H groups in total. The zero-order valence-corrected chi connectivity index (χ0v) is 13.0. The van der Waals surface area contributed by atoms with E-state index < -0.39 is 16.6 Å². The topological polar surface area (TPSA) is 72.7 Å². The van der Waals surface area contributed by atoms with Crippen molar-refractivity contribution in [3.8, 4) is 0 Å². The summed E-state index contributed by atoms with van der Waals surface area (Å²) >= 11 is 0. The Bertz CT molecular complexity index is 575. The molecule has 1 aromatic rings. The number of rotatable bonds is 7. The van der Waals surface area contributed by atoms with Crippen LogP contribution in [0.3, 0.4) is 0 Å². The summed E-state index contributed by atoms with van der Waals surface area (Å²) in [6, 6.07) is 9.52. The zero-order chi connectivity index (χ0) is 16.5. The number of methoxy groups -OCH3 is 1. The van der Waals surface area contributed by atoms with Crippen molar-refractivity contribution in [1.29, 1.82) is 0 Å². The molecule has 0 unspecified atom stereocenters. The highest BCUT2D eigenvalue weighted by atomic mass is 16.6. The highest BCUT2D eigenvalue weighted by Gasteiger charge is 2.21. The molecule has 0 atom stereocenters. The minimum atomic E-state index is -0.965. The fraction of sp³-hybridized carbons (Fsp3) is 0.312. The van der Waals surface area contributed by atoms with Gasteiger partial charge >= 0.3 is 11.7 Å². The summed E-state index contributed by atoms with van der Waals surface area (Å²) in [6.07, 6.45) is 2.77. The van der Waals surface area contributed by atoms with Gasteiger partial charge in [-0.2, -0.15) is 0 Å². The van der Waals surface area contributed by atoms with Crippen molar-refractivity contribution in [1.82, 2.24) is 4.90 Å². The molecule has 0 heterocycles. The Morgan fingerprint density at radius 2 is 1.82 bits per heavy atom. The summed E-state index contributed by atoms with van der Waals surface area (Å²) in [6.45, 7) is 5.49. The van der Waals surface area contributed by atoms with Gasteiger partial charge in [-0.05, 0) is 25.5 Å². The Balaban J connectivity index is 3.31. The van der Waals surface area contributed by atoms with Crippen LogP contribution in [0.1, 0.15) is 19.4 Å². The second-order valence-corrected chi connectivity index (χ2v) is 4.39. The van der Waals surface area contributed by atoms with E-state index in [0.717, 1.165) is 31.5 Å². The second-order valence-electron chi connectivity index (χ2n) is 4.39. The van der Waals surface area contributed by atoms with Crippen LogP contribution in [0, 0.1) is 10.1 Å². The molecule has 118 valence electrons. The van der Waals surface area contributed by atoms with E-state index in [1.165, 1.54) is 6.08 Å². The molecule has 6 nitrogen and oxygen atoms in total. The molecule has 0 aliphatic carbocycles. The van der Waals surface area contributed by atoms with Gasteiger partial charge in [0.2, 0.25) is 0 Å². The summed E-state index contributed by atoms with van der Waals surface area (Å²) in [5.74, 6) is -0.965. The smallest absolute Gasteiger partial charge is 0.409 e. The molecule has 0 bridgehead atoms. The first kappa shape index (κ1) is 17.4. The van der Waals surface area contributed by atoms with Crippen molar-refractivity contribution >= 4 is 11.7 Å². The lowest BCUT2D eigenvalue weighted by atomic mass is 10.1. The molecule has 0 saturated carbocycles. The fourth-order valence-electron chi connectivity index (χ4n) is 2.02. The molecule has 0 amide bonds. The van der Waals surface area contributed by atoms with Gasteiger partial charge < -0.3 is 9.64 Å². The van der Waals surface area contributed by atoms with Gasteiger partial charge in [0.15, 0.2) is 0 Å². The maximum absolute atomic E-state index is 11.4. The van der Waals surface area contributed by atoms with E-state index in [1.54, 1.807) is 6.08 Å². The van der Waals surface area contributed by atoms with Crippen molar-refractivity contribution in [3.05, 3.63) is 63.9 Å². The van der Waals surface area contributed by atoms with Gasteiger partial charge in [0.1, 0.15) is 0 Å². The first-order valence-corrected chi connectivity index (χ1v) is 7.00. The van der Waals surface area contributed by atoms with E-state index in [-0.39, 0.29) is 0 Å². The lowest BCUT2D eigenvalue weighted by molar-refractivity contribution is -0.421. The molecular weight excluding hydrogens is 284 g/mol. The molecule has 22 heavy (non-hydrogen) atoms. The third kappa shape index (κ3) is 4.44. The van der Waals surface area contributed by atoms with Crippen LogP contribution in [0.25, 0.3) is 5.70 Å². The van der Waals surface area contributed by atoms with E-state index in [0.29, 0.717) is 0 Å². The summed E-state index contributed by atoms with van der Waals surface area (Å²) in [5, 5.41) is 11.0. The van der Waals surface area contributed by atoms with Gasteiger partial charge in [-0.25, -0.2) is 4.79 Å². The molecule has 1 rings (SSSR count). The molecule has 0 aliphatic heterocycles. The molecule has 0 radical (unpaired) electrons. The summed E-state index contributed by atoms with van der Waals surface area (Å²) < 4.78 is 4.43. The van der Waals surface area contributed by atoms with Crippen molar-refractivity contribution in [2.75, 3.05) is 20.2 Å². The zero-order valence-electron chi connectivity index (χ0n) is 13.0. The van der Waals surface area contributed by atoms with Crippen LogP contribution in [-0.2, 0) is 9.53 Å². The van der Waals surface area contributed by atoms with Crippen LogP contribution in [0.15, 0.2) is 48.2 Å². The molecule has 0 aromatic heterocycles. The van der Waals surface area contributed by atoms with Crippen LogP contribution >= 0.6 is 0 Å². The largest absolute Gasteiger partial charge is 0.461 e. The number of nitro groups is 1. The van der Waals surface area contributed by atoms with E-state index in [9.17, 15) is 14.9 Å². The molecule has 0 saturated heterocycles. The molecule has 6 heteroatoms. The van der Waals surface area contributed by atoms with E-state index in [1.807, 2.05) is 44.2 Å². The number of hydrogen-bond donors (Lipinski definition) is 0. The van der Waals surface area contributed by atoms with Crippen molar-refractivity contribution in [2.45, 2.75) is 13.8 Å². The van der Waals surface area contributed by atoms with E-state index >= 15 is 0 Å². The third-order valence-corrected chi connectivity index (χ3v) is 3.16. The predicted molar refractivity (Wildman–Crippen MR) is 84.4 cm³/mol. The summed E-state index contributed by atoms with van der Waals surface area (Å²) in [7, 11) is 1.12. The first-order valence-electron chi connectivity index (χ1n) is 7.00. The second kappa shape index (κ2) is 8.61. The van der Waals surface area contributed by atoms with Crippen LogP contribution in [0.5, 0.6) is 0 Å². The Hall–Kier alpha value is -2.63. The van der Waals surface area contributed by atoms with Crippen LogP contribution < -0.4 is 0 Å².